The number of hydrogen-bond acceptors (Lipinski definition) is 4. The number of nitrogens with zero attached hydrogens (tertiary/aromatic N) is 2. The fraction of sp³-hybridized carbons (Fsp3) is 0.654. The van der Waals surface area contributed by atoms with Gasteiger partial charge in [0.25, 0.3) is 0 Å². The van der Waals surface area contributed by atoms with Crippen molar-refractivity contribution in [3.05, 3.63) is 34.9 Å². The first-order chi connectivity index (χ1) is 17.4. The summed E-state index contributed by atoms with van der Waals surface area (Å²) in [6, 6.07) is 0.570. The first-order valence-electron chi connectivity index (χ1n) is 12.5. The molecule has 38 heavy (non-hydrogen) atoms. The molecule has 2 aliphatic heterocycles. The highest BCUT2D eigenvalue weighted by Crippen LogP contribution is 2.36. The maximum absolute atomic E-state index is 13.1. The maximum atomic E-state index is 13.1. The number of rotatable bonds is 5. The minimum absolute atomic E-state index is 0.00686. The number of ether oxygens (including phenoxy) is 1. The molecule has 0 N–H and O–H groups in total. The summed E-state index contributed by atoms with van der Waals surface area (Å²) in [5.74, 6) is -0.805. The third-order valence-electron chi connectivity index (χ3n) is 6.66. The zero-order valence-corrected chi connectivity index (χ0v) is 21.5. The van der Waals surface area contributed by atoms with Gasteiger partial charge in [-0.15, -0.1) is 0 Å². The van der Waals surface area contributed by atoms with Gasteiger partial charge in [-0.05, 0) is 76.1 Å². The average Bonchev–Trinajstić information content (AvgIpc) is 3.27. The largest absolute Gasteiger partial charge is 0.444 e. The lowest BCUT2D eigenvalue weighted by molar-refractivity contribution is -0.143. The predicted octanol–water partition coefficient (Wildman–Crippen LogP) is 5.86. The standard InChI is InChI=1S/C26H32F6N2O4/c1-24(2,3)38-23(37)34-8-4-5-21(34)22(36)33-9-6-16(7-10-33)13-20(35)14-17-11-18(25(27,28)29)15-19(12-17)26(30,31)32/h11-12,15-16,21H,4-10,13-14H2,1-3H3/t21-/m0/s1. The summed E-state index contributed by atoms with van der Waals surface area (Å²) in [6.07, 6.45) is -8.92. The van der Waals surface area contributed by atoms with Gasteiger partial charge in [-0.25, -0.2) is 4.79 Å². The highest BCUT2D eigenvalue weighted by molar-refractivity contribution is 5.86. The topological polar surface area (TPSA) is 66.9 Å². The van der Waals surface area contributed by atoms with Crippen LogP contribution in [0.25, 0.3) is 0 Å². The SMILES string of the molecule is CC(C)(C)OC(=O)N1CCC[C@H]1C(=O)N1CCC(CC(=O)Cc2cc(C(F)(F)F)cc(C(F)(F)F)c2)CC1. The van der Waals surface area contributed by atoms with Crippen LogP contribution in [0.4, 0.5) is 31.1 Å². The first kappa shape index (κ1) is 29.8. The van der Waals surface area contributed by atoms with Gasteiger partial charge in [-0.3, -0.25) is 14.5 Å². The predicted molar refractivity (Wildman–Crippen MR) is 125 cm³/mol. The van der Waals surface area contributed by atoms with Crippen molar-refractivity contribution < 1.29 is 45.5 Å². The number of ketones is 1. The summed E-state index contributed by atoms with van der Waals surface area (Å²) in [7, 11) is 0. The van der Waals surface area contributed by atoms with Crippen LogP contribution >= 0.6 is 0 Å². The highest BCUT2D eigenvalue weighted by atomic mass is 19.4. The molecule has 2 aliphatic rings. The van der Waals surface area contributed by atoms with Crippen LogP contribution in [-0.4, -0.2) is 58.9 Å². The van der Waals surface area contributed by atoms with Crippen LogP contribution in [0.2, 0.25) is 0 Å². The number of Topliss-reactive ketones (excluding diaryl/α,β-unsaturated/α-hetero) is 1. The second-order valence-electron chi connectivity index (χ2n) is 10.9. The Morgan fingerprint density at radius 3 is 1.92 bits per heavy atom. The molecule has 0 radical (unpaired) electrons. The summed E-state index contributed by atoms with van der Waals surface area (Å²) in [6.45, 7) is 6.33. The molecule has 2 saturated heterocycles. The minimum Gasteiger partial charge on any atom is -0.444 e. The highest BCUT2D eigenvalue weighted by Gasteiger charge is 2.40. The van der Waals surface area contributed by atoms with Gasteiger partial charge < -0.3 is 9.64 Å². The number of piperidine rings is 1. The molecule has 1 atom stereocenters. The Kier molecular flexibility index (Phi) is 8.72. The number of alkyl halides is 6. The number of likely N-dealkylation sites (tertiary alicyclic amines) is 2. The van der Waals surface area contributed by atoms with Crippen LogP contribution in [0.5, 0.6) is 0 Å². The molecule has 0 aliphatic carbocycles. The molecular weight excluding hydrogens is 518 g/mol. The molecule has 12 heteroatoms. The lowest BCUT2D eigenvalue weighted by atomic mass is 9.89. The van der Waals surface area contributed by atoms with Crippen molar-refractivity contribution >= 4 is 17.8 Å². The molecule has 0 aromatic heterocycles. The molecule has 2 fully saturated rings. The Bertz CT molecular complexity index is 1010. The number of benzene rings is 1. The summed E-state index contributed by atoms with van der Waals surface area (Å²) in [4.78, 5) is 41.2. The third-order valence-corrected chi connectivity index (χ3v) is 6.66. The van der Waals surface area contributed by atoms with Crippen molar-refractivity contribution in [3.63, 3.8) is 0 Å². The average molecular weight is 551 g/mol. The monoisotopic (exact) mass is 550 g/mol. The van der Waals surface area contributed by atoms with Gasteiger partial charge in [-0.2, -0.15) is 26.3 Å². The Morgan fingerprint density at radius 1 is 0.868 bits per heavy atom. The van der Waals surface area contributed by atoms with E-state index in [2.05, 4.69) is 0 Å². The quantitative estimate of drug-likeness (QED) is 0.431. The Hall–Kier alpha value is -2.79. The van der Waals surface area contributed by atoms with Gasteiger partial charge in [0.2, 0.25) is 5.91 Å². The number of hydrogen-bond donors (Lipinski definition) is 0. The summed E-state index contributed by atoms with van der Waals surface area (Å²) < 4.78 is 83.9. The van der Waals surface area contributed by atoms with E-state index in [1.165, 1.54) is 4.90 Å². The van der Waals surface area contributed by atoms with Crippen molar-refractivity contribution in [3.8, 4) is 0 Å². The van der Waals surface area contributed by atoms with Gasteiger partial charge in [0.05, 0.1) is 11.1 Å². The molecule has 1 aromatic rings. The molecule has 0 saturated carbocycles. The molecule has 0 bridgehead atoms. The van der Waals surface area contributed by atoms with E-state index in [9.17, 15) is 40.7 Å². The van der Waals surface area contributed by atoms with Gasteiger partial charge in [0, 0.05) is 32.5 Å². The zero-order valence-electron chi connectivity index (χ0n) is 21.5. The van der Waals surface area contributed by atoms with Crippen LogP contribution in [-0.2, 0) is 33.1 Å². The van der Waals surface area contributed by atoms with Crippen LogP contribution in [0.15, 0.2) is 18.2 Å². The smallest absolute Gasteiger partial charge is 0.416 e. The normalized spacial score (nSPS) is 19.6. The Morgan fingerprint density at radius 2 is 1.42 bits per heavy atom. The molecule has 2 amide bonds. The molecule has 6 nitrogen and oxygen atoms in total. The van der Waals surface area contributed by atoms with Gasteiger partial charge in [0.15, 0.2) is 0 Å². The van der Waals surface area contributed by atoms with Crippen molar-refractivity contribution in [1.82, 2.24) is 9.80 Å². The molecule has 2 heterocycles. The Labute approximate surface area is 217 Å². The molecule has 3 rings (SSSR count). The molecule has 0 spiro atoms. The second-order valence-corrected chi connectivity index (χ2v) is 10.9. The van der Waals surface area contributed by atoms with Crippen molar-refractivity contribution in [2.75, 3.05) is 19.6 Å². The van der Waals surface area contributed by atoms with Crippen molar-refractivity contribution in [2.24, 2.45) is 5.92 Å². The van der Waals surface area contributed by atoms with Crippen molar-refractivity contribution in [1.29, 1.82) is 0 Å². The van der Waals surface area contributed by atoms with E-state index < -0.39 is 53.4 Å². The number of carbonyl (C=O) groups is 3. The van der Waals surface area contributed by atoms with Gasteiger partial charge in [-0.1, -0.05) is 0 Å². The fourth-order valence-corrected chi connectivity index (χ4v) is 4.87. The van der Waals surface area contributed by atoms with E-state index in [-0.39, 0.29) is 29.9 Å². The van der Waals surface area contributed by atoms with E-state index in [1.807, 2.05) is 0 Å². The summed E-state index contributed by atoms with van der Waals surface area (Å²) in [5.41, 5.74) is -3.93. The number of carbonyl (C=O) groups excluding carboxylic acids is 3. The van der Waals surface area contributed by atoms with E-state index in [0.29, 0.717) is 57.5 Å². The first-order valence-corrected chi connectivity index (χ1v) is 12.5. The molecular formula is C26H32F6N2O4. The molecule has 1 aromatic carbocycles. The minimum atomic E-state index is -4.98. The van der Waals surface area contributed by atoms with Crippen LogP contribution < -0.4 is 0 Å². The maximum Gasteiger partial charge on any atom is 0.416 e. The third kappa shape index (κ3) is 7.86. The van der Waals surface area contributed by atoms with E-state index >= 15 is 0 Å². The number of halogens is 6. The van der Waals surface area contributed by atoms with Gasteiger partial charge >= 0.3 is 18.4 Å². The lowest BCUT2D eigenvalue weighted by Crippen LogP contribution is -2.51. The van der Waals surface area contributed by atoms with E-state index in [1.54, 1.807) is 25.7 Å². The lowest BCUT2D eigenvalue weighted by Gasteiger charge is -2.35. The van der Waals surface area contributed by atoms with E-state index in [0.717, 1.165) is 0 Å². The fourth-order valence-electron chi connectivity index (χ4n) is 4.87. The zero-order chi connectivity index (χ0) is 28.5. The summed E-state index contributed by atoms with van der Waals surface area (Å²) in [5, 5.41) is 0. The van der Waals surface area contributed by atoms with E-state index in [4.69, 9.17) is 4.74 Å². The van der Waals surface area contributed by atoms with Crippen LogP contribution in [0.1, 0.15) is 69.6 Å². The van der Waals surface area contributed by atoms with Crippen LogP contribution in [0.3, 0.4) is 0 Å². The molecule has 212 valence electrons. The summed E-state index contributed by atoms with van der Waals surface area (Å²) >= 11 is 0. The van der Waals surface area contributed by atoms with Crippen LogP contribution in [0, 0.1) is 5.92 Å². The second kappa shape index (κ2) is 11.1. The molecule has 0 unspecified atom stereocenters. The number of amides is 2. The van der Waals surface area contributed by atoms with Gasteiger partial charge in [0.1, 0.15) is 17.4 Å². The Balaban J connectivity index is 1.56. The van der Waals surface area contributed by atoms with Crippen molar-refractivity contribution in [2.45, 2.75) is 83.3 Å².